The summed E-state index contributed by atoms with van der Waals surface area (Å²) in [5.41, 5.74) is 2.43. The predicted molar refractivity (Wildman–Crippen MR) is 112 cm³/mol. The molecule has 0 aliphatic rings. The highest BCUT2D eigenvalue weighted by atomic mass is 32.1. The SMILES string of the molecule is CCC(CCCO)C(Cc1c[nH]cn1)[C](C=S)C(C)Cc1ccccc1. The molecule has 0 amide bonds. The maximum atomic E-state index is 9.30. The molecule has 3 unspecified atom stereocenters. The molecule has 3 nitrogen and oxygen atoms in total. The maximum Gasteiger partial charge on any atom is 0.0923 e. The molecular weight excluding hydrogens is 340 g/mol. The number of thiocarbonyl (C=S) groups is 1. The van der Waals surface area contributed by atoms with Crippen LogP contribution in [0.4, 0.5) is 0 Å². The lowest BCUT2D eigenvalue weighted by molar-refractivity contribution is 0.240. The van der Waals surface area contributed by atoms with Crippen LogP contribution in [0.1, 0.15) is 44.4 Å². The number of aliphatic hydroxyl groups is 1. The molecule has 0 aliphatic carbocycles. The summed E-state index contributed by atoms with van der Waals surface area (Å²) in [6, 6.07) is 10.6. The fourth-order valence-electron chi connectivity index (χ4n) is 3.88. The molecule has 141 valence electrons. The third-order valence-corrected chi connectivity index (χ3v) is 5.60. The van der Waals surface area contributed by atoms with Crippen molar-refractivity contribution in [1.82, 2.24) is 9.97 Å². The summed E-state index contributed by atoms with van der Waals surface area (Å²) in [5.74, 6) is 2.61. The molecule has 1 aromatic heterocycles. The van der Waals surface area contributed by atoms with Crippen molar-refractivity contribution < 1.29 is 5.11 Å². The van der Waals surface area contributed by atoms with Crippen molar-refractivity contribution in [2.45, 2.75) is 46.0 Å². The normalized spacial score (nSPS) is 14.9. The van der Waals surface area contributed by atoms with Gasteiger partial charge in [0.25, 0.3) is 0 Å². The van der Waals surface area contributed by atoms with E-state index < -0.39 is 0 Å². The third kappa shape index (κ3) is 6.03. The van der Waals surface area contributed by atoms with Crippen LogP contribution in [0.5, 0.6) is 0 Å². The number of H-pyrrole nitrogens is 1. The Morgan fingerprint density at radius 3 is 2.62 bits per heavy atom. The van der Waals surface area contributed by atoms with Gasteiger partial charge in [0, 0.05) is 18.7 Å². The van der Waals surface area contributed by atoms with Crippen LogP contribution in [0.2, 0.25) is 0 Å². The first kappa shape index (κ1) is 20.8. The van der Waals surface area contributed by atoms with Crippen molar-refractivity contribution in [1.29, 1.82) is 0 Å². The van der Waals surface area contributed by atoms with Crippen LogP contribution in [0, 0.1) is 23.7 Å². The highest BCUT2D eigenvalue weighted by Crippen LogP contribution is 2.36. The average molecular weight is 372 g/mol. The van der Waals surface area contributed by atoms with Gasteiger partial charge in [-0.2, -0.15) is 0 Å². The zero-order chi connectivity index (χ0) is 18.8. The van der Waals surface area contributed by atoms with E-state index in [0.717, 1.165) is 37.8 Å². The van der Waals surface area contributed by atoms with Gasteiger partial charge in [-0.25, -0.2) is 4.98 Å². The molecule has 26 heavy (non-hydrogen) atoms. The third-order valence-electron chi connectivity index (χ3n) is 5.33. The minimum absolute atomic E-state index is 0.248. The van der Waals surface area contributed by atoms with Crippen LogP contribution in [0.3, 0.4) is 0 Å². The Labute approximate surface area is 163 Å². The molecule has 1 heterocycles. The summed E-state index contributed by atoms with van der Waals surface area (Å²) >= 11 is 5.48. The van der Waals surface area contributed by atoms with E-state index in [4.69, 9.17) is 12.2 Å². The molecule has 0 saturated heterocycles. The van der Waals surface area contributed by atoms with Crippen molar-refractivity contribution in [2.75, 3.05) is 6.61 Å². The van der Waals surface area contributed by atoms with Gasteiger partial charge in [0.05, 0.1) is 12.0 Å². The lowest BCUT2D eigenvalue weighted by atomic mass is 9.70. The number of aromatic amines is 1. The number of aliphatic hydroxyl groups excluding tert-OH is 1. The smallest absolute Gasteiger partial charge is 0.0923 e. The second kappa shape index (κ2) is 11.2. The number of hydrogen-bond acceptors (Lipinski definition) is 3. The zero-order valence-electron chi connectivity index (χ0n) is 15.9. The number of benzene rings is 1. The number of rotatable bonds is 12. The summed E-state index contributed by atoms with van der Waals surface area (Å²) in [6.45, 7) is 4.77. The van der Waals surface area contributed by atoms with Crippen molar-refractivity contribution >= 4 is 17.6 Å². The largest absolute Gasteiger partial charge is 0.396 e. The standard InChI is InChI=1S/C22H31N2OS/c1-3-19(10-7-11-25)21(13-20-14-23-16-24-20)22(15-26)17(2)12-18-8-5-4-6-9-18/h4-6,8-9,14-17,19,21,25H,3,7,10-13H2,1-2H3,(H,23,24). The summed E-state index contributed by atoms with van der Waals surface area (Å²) in [7, 11) is 0. The zero-order valence-corrected chi connectivity index (χ0v) is 16.7. The molecule has 0 bridgehead atoms. The molecular formula is C22H31N2OS. The Hall–Kier alpha value is -1.52. The molecule has 1 aromatic carbocycles. The first-order valence-electron chi connectivity index (χ1n) is 9.63. The highest BCUT2D eigenvalue weighted by molar-refractivity contribution is 7.79. The predicted octanol–water partition coefficient (Wildman–Crippen LogP) is 4.82. The summed E-state index contributed by atoms with van der Waals surface area (Å²) in [6.07, 6.45) is 8.56. The molecule has 0 aliphatic heterocycles. The minimum Gasteiger partial charge on any atom is -0.396 e. The summed E-state index contributed by atoms with van der Waals surface area (Å²) < 4.78 is 0. The van der Waals surface area contributed by atoms with Crippen molar-refractivity contribution in [3.05, 3.63) is 60.0 Å². The average Bonchev–Trinajstić information content (AvgIpc) is 3.16. The van der Waals surface area contributed by atoms with Gasteiger partial charge in [0.2, 0.25) is 0 Å². The molecule has 0 spiro atoms. The number of nitrogens with one attached hydrogen (secondary N) is 1. The van der Waals surface area contributed by atoms with E-state index in [-0.39, 0.29) is 6.61 Å². The number of hydrogen-bond donors (Lipinski definition) is 2. The van der Waals surface area contributed by atoms with Gasteiger partial charge in [-0.3, -0.25) is 0 Å². The van der Waals surface area contributed by atoms with E-state index in [2.05, 4.69) is 54.1 Å². The van der Waals surface area contributed by atoms with Crippen LogP contribution >= 0.6 is 12.2 Å². The fraction of sp³-hybridized carbons (Fsp3) is 0.500. The maximum absolute atomic E-state index is 9.30. The first-order valence-corrected chi connectivity index (χ1v) is 10.1. The van der Waals surface area contributed by atoms with Gasteiger partial charge >= 0.3 is 0 Å². The Kier molecular flexibility index (Phi) is 8.99. The molecule has 2 rings (SSSR count). The van der Waals surface area contributed by atoms with E-state index in [1.165, 1.54) is 11.5 Å². The van der Waals surface area contributed by atoms with Gasteiger partial charge in [-0.1, -0.05) is 62.8 Å². The van der Waals surface area contributed by atoms with E-state index in [1.807, 2.05) is 11.6 Å². The van der Waals surface area contributed by atoms with E-state index >= 15 is 0 Å². The Morgan fingerprint density at radius 1 is 1.27 bits per heavy atom. The number of imidazole rings is 1. The van der Waals surface area contributed by atoms with Gasteiger partial charge in [0.15, 0.2) is 0 Å². The molecule has 2 N–H and O–H groups in total. The van der Waals surface area contributed by atoms with Gasteiger partial charge < -0.3 is 10.1 Å². The monoisotopic (exact) mass is 371 g/mol. The molecule has 4 heteroatoms. The molecule has 3 atom stereocenters. The fourth-order valence-corrected chi connectivity index (χ4v) is 4.29. The van der Waals surface area contributed by atoms with Crippen LogP contribution < -0.4 is 0 Å². The minimum atomic E-state index is 0.248. The van der Waals surface area contributed by atoms with Crippen molar-refractivity contribution in [3.8, 4) is 0 Å². The topological polar surface area (TPSA) is 48.9 Å². The van der Waals surface area contributed by atoms with Gasteiger partial charge in [-0.05, 0) is 54.4 Å². The van der Waals surface area contributed by atoms with Crippen LogP contribution in [-0.2, 0) is 12.8 Å². The quantitative estimate of drug-likeness (QED) is 0.526. The Balaban J connectivity index is 2.19. The van der Waals surface area contributed by atoms with Crippen LogP contribution in [-0.4, -0.2) is 27.0 Å². The molecule has 2 aromatic rings. The molecule has 0 saturated carbocycles. The highest BCUT2D eigenvalue weighted by Gasteiger charge is 2.32. The Morgan fingerprint density at radius 2 is 2.04 bits per heavy atom. The Bertz CT molecular complexity index is 614. The van der Waals surface area contributed by atoms with E-state index in [0.29, 0.717) is 17.8 Å². The second-order valence-electron chi connectivity index (χ2n) is 7.11. The van der Waals surface area contributed by atoms with Gasteiger partial charge in [-0.15, -0.1) is 0 Å². The number of nitrogens with zero attached hydrogens (tertiary/aromatic N) is 1. The molecule has 1 radical (unpaired) electrons. The van der Waals surface area contributed by atoms with Crippen molar-refractivity contribution in [2.24, 2.45) is 17.8 Å². The van der Waals surface area contributed by atoms with Crippen molar-refractivity contribution in [3.63, 3.8) is 0 Å². The molecule has 0 fully saturated rings. The van der Waals surface area contributed by atoms with Gasteiger partial charge in [0.1, 0.15) is 0 Å². The second-order valence-corrected chi connectivity index (χ2v) is 7.35. The lowest BCUT2D eigenvalue weighted by Gasteiger charge is -2.34. The lowest BCUT2D eigenvalue weighted by Crippen LogP contribution is -2.30. The first-order chi connectivity index (χ1) is 12.7. The number of aromatic nitrogens is 2. The summed E-state index contributed by atoms with van der Waals surface area (Å²) in [5, 5.41) is 11.2. The summed E-state index contributed by atoms with van der Waals surface area (Å²) in [4.78, 5) is 7.51. The van der Waals surface area contributed by atoms with Crippen LogP contribution in [0.25, 0.3) is 0 Å². The van der Waals surface area contributed by atoms with E-state index in [1.54, 1.807) is 6.33 Å². The van der Waals surface area contributed by atoms with E-state index in [9.17, 15) is 5.11 Å². The van der Waals surface area contributed by atoms with Crippen LogP contribution in [0.15, 0.2) is 42.9 Å².